The fourth-order valence-corrected chi connectivity index (χ4v) is 3.83. The van der Waals surface area contributed by atoms with Crippen LogP contribution in [0.15, 0.2) is 28.7 Å². The number of rotatable bonds is 8. The Morgan fingerprint density at radius 1 is 0.875 bits per heavy atom. The van der Waals surface area contributed by atoms with E-state index >= 15 is 0 Å². The third-order valence-electron chi connectivity index (χ3n) is 5.53. The van der Waals surface area contributed by atoms with Crippen molar-refractivity contribution in [2.45, 2.75) is 19.5 Å². The Balaban J connectivity index is 1.69. The van der Waals surface area contributed by atoms with Gasteiger partial charge in [-0.15, -0.1) is 0 Å². The summed E-state index contributed by atoms with van der Waals surface area (Å²) in [7, 11) is 5.82. The van der Waals surface area contributed by atoms with Crippen LogP contribution in [0.25, 0.3) is 0 Å². The van der Waals surface area contributed by atoms with Gasteiger partial charge in [0.1, 0.15) is 17.3 Å². The number of nitrogens with zero attached hydrogens (tertiary/aromatic N) is 2. The zero-order chi connectivity index (χ0) is 23.1. The molecule has 3 rings (SSSR count). The molecule has 1 saturated heterocycles. The van der Waals surface area contributed by atoms with Crippen LogP contribution in [-0.2, 0) is 22.6 Å². The van der Waals surface area contributed by atoms with Gasteiger partial charge in [0.05, 0.1) is 40.5 Å². The predicted octanol–water partition coefficient (Wildman–Crippen LogP) is 2.58. The molecule has 0 bridgehead atoms. The van der Waals surface area contributed by atoms with Gasteiger partial charge in [-0.3, -0.25) is 9.80 Å². The minimum absolute atomic E-state index is 0.209. The van der Waals surface area contributed by atoms with Crippen LogP contribution in [0.4, 0.5) is 0 Å². The summed E-state index contributed by atoms with van der Waals surface area (Å²) in [4.78, 5) is 28.6. The van der Waals surface area contributed by atoms with E-state index in [9.17, 15) is 9.59 Å². The zero-order valence-electron chi connectivity index (χ0n) is 19.0. The van der Waals surface area contributed by atoms with Crippen molar-refractivity contribution in [3.63, 3.8) is 0 Å². The Morgan fingerprint density at radius 2 is 1.56 bits per heavy atom. The van der Waals surface area contributed by atoms with Gasteiger partial charge < -0.3 is 23.4 Å². The van der Waals surface area contributed by atoms with E-state index in [-0.39, 0.29) is 5.76 Å². The first-order chi connectivity index (χ1) is 15.5. The third-order valence-corrected chi connectivity index (χ3v) is 5.53. The van der Waals surface area contributed by atoms with Crippen LogP contribution in [-0.4, -0.2) is 76.4 Å². The highest BCUT2D eigenvalue weighted by Gasteiger charge is 2.23. The van der Waals surface area contributed by atoms with Crippen molar-refractivity contribution in [1.29, 1.82) is 0 Å². The van der Waals surface area contributed by atoms with E-state index in [1.165, 1.54) is 14.2 Å². The van der Waals surface area contributed by atoms with Crippen LogP contribution >= 0.6 is 0 Å². The number of furan rings is 1. The maximum absolute atomic E-state index is 12.4. The summed E-state index contributed by atoms with van der Waals surface area (Å²) in [5.41, 5.74) is 1.22. The van der Waals surface area contributed by atoms with E-state index < -0.39 is 11.9 Å². The molecule has 0 unspecified atom stereocenters. The van der Waals surface area contributed by atoms with E-state index in [1.54, 1.807) is 38.5 Å². The lowest BCUT2D eigenvalue weighted by Crippen LogP contribution is -2.30. The van der Waals surface area contributed by atoms with Crippen molar-refractivity contribution < 1.29 is 33.0 Å². The lowest BCUT2D eigenvalue weighted by atomic mass is 10.0. The van der Waals surface area contributed by atoms with Crippen LogP contribution in [0.3, 0.4) is 0 Å². The Hall–Kier alpha value is -3.04. The van der Waals surface area contributed by atoms with Crippen LogP contribution in [0.2, 0.25) is 0 Å². The van der Waals surface area contributed by atoms with Gasteiger partial charge in [-0.1, -0.05) is 0 Å². The molecule has 2 aromatic rings. The second-order valence-electron chi connectivity index (χ2n) is 7.51. The van der Waals surface area contributed by atoms with Crippen LogP contribution in [0.1, 0.15) is 38.7 Å². The molecule has 9 heteroatoms. The largest absolute Gasteiger partial charge is 0.497 e. The molecule has 0 radical (unpaired) electrons. The molecule has 0 atom stereocenters. The van der Waals surface area contributed by atoms with Gasteiger partial charge in [-0.05, 0) is 37.7 Å². The topological polar surface area (TPSA) is 90.7 Å². The Labute approximate surface area is 187 Å². The molecule has 1 fully saturated rings. The summed E-state index contributed by atoms with van der Waals surface area (Å²) in [6.07, 6.45) is 0.955. The van der Waals surface area contributed by atoms with E-state index in [0.29, 0.717) is 30.2 Å². The zero-order valence-corrected chi connectivity index (χ0v) is 19.0. The maximum Gasteiger partial charge on any atom is 0.373 e. The van der Waals surface area contributed by atoms with Gasteiger partial charge in [-0.25, -0.2) is 9.59 Å². The van der Waals surface area contributed by atoms with E-state index in [1.807, 2.05) is 0 Å². The fourth-order valence-electron chi connectivity index (χ4n) is 3.83. The quantitative estimate of drug-likeness (QED) is 0.568. The highest BCUT2D eigenvalue weighted by molar-refractivity contribution is 5.92. The first kappa shape index (κ1) is 23.6. The molecular weight excluding hydrogens is 416 g/mol. The van der Waals surface area contributed by atoms with E-state index in [0.717, 1.165) is 43.9 Å². The molecule has 9 nitrogen and oxygen atoms in total. The first-order valence-corrected chi connectivity index (χ1v) is 10.4. The lowest BCUT2D eigenvalue weighted by molar-refractivity contribution is 0.0559. The molecule has 0 amide bonds. The van der Waals surface area contributed by atoms with Gasteiger partial charge in [0.15, 0.2) is 0 Å². The molecular formula is C23H30N2O7. The molecule has 0 N–H and O–H groups in total. The van der Waals surface area contributed by atoms with Crippen molar-refractivity contribution in [2.75, 3.05) is 54.6 Å². The van der Waals surface area contributed by atoms with Gasteiger partial charge in [-0.2, -0.15) is 0 Å². The molecule has 0 spiro atoms. The SMILES string of the molecule is COC(=O)c1ccc(CN2CCCN(Cc3c(OC)cc(OC)cc3C(=O)OC)CC2)o1. The summed E-state index contributed by atoms with van der Waals surface area (Å²) in [6.45, 7) is 4.57. The summed E-state index contributed by atoms with van der Waals surface area (Å²) >= 11 is 0. The number of hydrogen-bond donors (Lipinski definition) is 0. The Morgan fingerprint density at radius 3 is 2.19 bits per heavy atom. The van der Waals surface area contributed by atoms with Crippen LogP contribution in [0, 0.1) is 0 Å². The number of methoxy groups -OCH3 is 4. The van der Waals surface area contributed by atoms with Crippen molar-refractivity contribution in [3.8, 4) is 11.5 Å². The highest BCUT2D eigenvalue weighted by Crippen LogP contribution is 2.31. The second-order valence-corrected chi connectivity index (χ2v) is 7.51. The van der Waals surface area contributed by atoms with Crippen molar-refractivity contribution in [3.05, 3.63) is 46.9 Å². The summed E-state index contributed by atoms with van der Waals surface area (Å²) in [6, 6.07) is 6.90. The number of hydrogen-bond acceptors (Lipinski definition) is 9. The normalized spacial score (nSPS) is 15.1. The van der Waals surface area contributed by atoms with Gasteiger partial charge in [0.2, 0.25) is 5.76 Å². The number of benzene rings is 1. The summed E-state index contributed by atoms with van der Waals surface area (Å²) in [5, 5.41) is 0. The predicted molar refractivity (Wildman–Crippen MR) is 116 cm³/mol. The number of carbonyl (C=O) groups excluding carboxylic acids is 2. The number of carbonyl (C=O) groups is 2. The standard InChI is InChI=1S/C23H30N2O7/c1-28-17-12-18(22(26)30-3)19(21(13-17)29-2)15-25-9-5-8-24(10-11-25)14-16-6-7-20(32-16)23(27)31-4/h6-7,12-13H,5,8-11,14-15H2,1-4H3. The van der Waals surface area contributed by atoms with Crippen molar-refractivity contribution in [1.82, 2.24) is 9.80 Å². The first-order valence-electron chi connectivity index (χ1n) is 10.4. The average molecular weight is 447 g/mol. The van der Waals surface area contributed by atoms with Gasteiger partial charge in [0.25, 0.3) is 0 Å². The summed E-state index contributed by atoms with van der Waals surface area (Å²) < 4.78 is 26.1. The molecule has 0 aliphatic carbocycles. The molecule has 2 heterocycles. The molecule has 1 aliphatic rings. The van der Waals surface area contributed by atoms with Crippen molar-refractivity contribution in [2.24, 2.45) is 0 Å². The molecule has 0 saturated carbocycles. The smallest absolute Gasteiger partial charge is 0.373 e. The third kappa shape index (κ3) is 5.60. The Bertz CT molecular complexity index is 940. The van der Waals surface area contributed by atoms with Crippen molar-refractivity contribution >= 4 is 11.9 Å². The molecule has 174 valence electrons. The molecule has 32 heavy (non-hydrogen) atoms. The lowest BCUT2D eigenvalue weighted by Gasteiger charge is -2.23. The van der Waals surface area contributed by atoms with Crippen LogP contribution in [0.5, 0.6) is 11.5 Å². The number of ether oxygens (including phenoxy) is 4. The average Bonchev–Trinajstić information content (AvgIpc) is 3.18. The highest BCUT2D eigenvalue weighted by atomic mass is 16.5. The maximum atomic E-state index is 12.4. The van der Waals surface area contributed by atoms with E-state index in [4.69, 9.17) is 23.4 Å². The fraction of sp³-hybridized carbons (Fsp3) is 0.478. The monoisotopic (exact) mass is 446 g/mol. The summed E-state index contributed by atoms with van der Waals surface area (Å²) in [5.74, 6) is 1.17. The molecule has 1 aliphatic heterocycles. The van der Waals surface area contributed by atoms with Gasteiger partial charge >= 0.3 is 11.9 Å². The van der Waals surface area contributed by atoms with Crippen LogP contribution < -0.4 is 9.47 Å². The minimum atomic E-state index is -0.479. The number of esters is 2. The molecule has 1 aromatic heterocycles. The van der Waals surface area contributed by atoms with E-state index in [2.05, 4.69) is 9.80 Å². The van der Waals surface area contributed by atoms with Gasteiger partial charge in [0, 0.05) is 31.3 Å². The Kier molecular flexibility index (Phi) is 8.13. The molecule has 1 aromatic carbocycles. The second kappa shape index (κ2) is 11.0. The minimum Gasteiger partial charge on any atom is -0.497 e.